The maximum absolute atomic E-state index is 12.0. The van der Waals surface area contributed by atoms with Gasteiger partial charge in [-0.1, -0.05) is 0 Å². The number of rotatable bonds is 1. The number of amidine groups is 1. The summed E-state index contributed by atoms with van der Waals surface area (Å²) in [7, 11) is 0. The van der Waals surface area contributed by atoms with Gasteiger partial charge in [0, 0.05) is 0 Å². The van der Waals surface area contributed by atoms with E-state index in [0.29, 0.717) is 0 Å². The number of alkyl halides is 2. The van der Waals surface area contributed by atoms with Gasteiger partial charge in [0.2, 0.25) is 0 Å². The zero-order valence-electron chi connectivity index (χ0n) is 6.13. The van der Waals surface area contributed by atoms with Crippen molar-refractivity contribution in [3.05, 3.63) is 0 Å². The van der Waals surface area contributed by atoms with Gasteiger partial charge >= 0.3 is 0 Å². The summed E-state index contributed by atoms with van der Waals surface area (Å²) < 4.78 is 28.9. The summed E-state index contributed by atoms with van der Waals surface area (Å²) in [6, 6.07) is -1.08. The second-order valence-electron chi connectivity index (χ2n) is 2.43. The Hall–Kier alpha value is -0.710. The summed E-state index contributed by atoms with van der Waals surface area (Å²) in [5.41, 5.74) is 5.30. The molecule has 0 saturated heterocycles. The molecule has 5 heteroatoms. The van der Waals surface area contributed by atoms with Gasteiger partial charge in [-0.15, -0.1) is 0 Å². The molecule has 0 aromatic rings. The van der Waals surface area contributed by atoms with Crippen LogP contribution in [0.1, 0.15) is 6.92 Å². The van der Waals surface area contributed by atoms with Gasteiger partial charge in [-0.2, -0.15) is 0 Å². The van der Waals surface area contributed by atoms with Gasteiger partial charge in [-0.25, -0.2) is 8.78 Å². The lowest BCUT2D eigenvalue weighted by atomic mass is 10.2. The Morgan fingerprint density at radius 2 is 2.36 bits per heavy atom. The topological polar surface area (TPSA) is 47.6 Å². The molecule has 1 aliphatic rings. The van der Waals surface area contributed by atoms with Gasteiger partial charge in [0.15, 0.2) is 0 Å². The fourth-order valence-electron chi connectivity index (χ4n) is 0.791. The van der Waals surface area contributed by atoms with Gasteiger partial charge in [0.05, 0.1) is 6.61 Å². The van der Waals surface area contributed by atoms with E-state index in [4.69, 9.17) is 10.5 Å². The van der Waals surface area contributed by atoms with Crippen LogP contribution in [0, 0.1) is 0 Å². The van der Waals surface area contributed by atoms with Crippen LogP contribution in [0.5, 0.6) is 0 Å². The van der Waals surface area contributed by atoms with Crippen molar-refractivity contribution >= 4 is 5.84 Å². The van der Waals surface area contributed by atoms with Gasteiger partial charge in [0.1, 0.15) is 18.0 Å². The average molecular weight is 164 g/mol. The molecule has 0 aliphatic carbocycles. The van der Waals surface area contributed by atoms with E-state index in [0.717, 1.165) is 0 Å². The van der Waals surface area contributed by atoms with E-state index in [1.54, 1.807) is 6.92 Å². The molecule has 0 bridgehead atoms. The first-order valence-electron chi connectivity index (χ1n) is 3.34. The molecule has 1 rings (SSSR count). The van der Waals surface area contributed by atoms with E-state index in [1.807, 2.05) is 0 Å². The van der Waals surface area contributed by atoms with Crippen molar-refractivity contribution in [1.82, 2.24) is 0 Å². The number of halogens is 2. The van der Waals surface area contributed by atoms with E-state index in [9.17, 15) is 8.78 Å². The van der Waals surface area contributed by atoms with E-state index >= 15 is 0 Å². The maximum atomic E-state index is 12.0. The van der Waals surface area contributed by atoms with Crippen molar-refractivity contribution in [3.8, 4) is 0 Å². The second-order valence-corrected chi connectivity index (χ2v) is 2.43. The fraction of sp³-hybridized carbons (Fsp3) is 0.833. The lowest BCUT2D eigenvalue weighted by Gasteiger charge is -2.23. The number of hydrogen-bond acceptors (Lipinski definition) is 3. The van der Waals surface area contributed by atoms with Crippen molar-refractivity contribution in [1.29, 1.82) is 0 Å². The van der Waals surface area contributed by atoms with Gasteiger partial charge in [-0.3, -0.25) is 4.99 Å². The third kappa shape index (κ3) is 1.86. The first kappa shape index (κ1) is 8.39. The zero-order chi connectivity index (χ0) is 8.43. The van der Waals surface area contributed by atoms with Crippen LogP contribution in [0.3, 0.4) is 0 Å². The van der Waals surface area contributed by atoms with E-state index in [1.165, 1.54) is 0 Å². The molecule has 64 valence electrons. The van der Waals surface area contributed by atoms with Crippen LogP contribution in [-0.4, -0.2) is 31.0 Å². The highest BCUT2D eigenvalue weighted by Gasteiger charge is 2.26. The molecule has 0 aromatic carbocycles. The Morgan fingerprint density at radius 1 is 1.73 bits per heavy atom. The Bertz CT molecular complexity index is 172. The van der Waals surface area contributed by atoms with Crippen LogP contribution in [0.15, 0.2) is 4.99 Å². The highest BCUT2D eigenvalue weighted by atomic mass is 19.3. The Kier molecular flexibility index (Phi) is 2.38. The van der Waals surface area contributed by atoms with E-state index in [-0.39, 0.29) is 18.5 Å². The van der Waals surface area contributed by atoms with Crippen molar-refractivity contribution in [2.45, 2.75) is 25.5 Å². The fourth-order valence-corrected chi connectivity index (χ4v) is 0.791. The summed E-state index contributed by atoms with van der Waals surface area (Å²) in [5, 5.41) is 0. The molecule has 2 atom stereocenters. The van der Waals surface area contributed by atoms with Crippen LogP contribution in [0.4, 0.5) is 8.78 Å². The molecule has 1 heterocycles. The van der Waals surface area contributed by atoms with Crippen LogP contribution in [0.2, 0.25) is 0 Å². The van der Waals surface area contributed by atoms with Gasteiger partial charge in [-0.05, 0) is 6.92 Å². The predicted molar refractivity (Wildman–Crippen MR) is 36.8 cm³/mol. The first-order chi connectivity index (χ1) is 5.11. The van der Waals surface area contributed by atoms with Crippen LogP contribution >= 0.6 is 0 Å². The van der Waals surface area contributed by atoms with E-state index in [2.05, 4.69) is 4.99 Å². The molecule has 3 nitrogen and oxygen atoms in total. The lowest BCUT2D eigenvalue weighted by molar-refractivity contribution is 0.0243. The first-order valence-corrected chi connectivity index (χ1v) is 3.34. The molecule has 0 radical (unpaired) electrons. The summed E-state index contributed by atoms with van der Waals surface area (Å²) in [6.45, 7) is 1.64. The third-order valence-electron chi connectivity index (χ3n) is 1.54. The van der Waals surface area contributed by atoms with Crippen molar-refractivity contribution in [3.63, 3.8) is 0 Å². The highest BCUT2D eigenvalue weighted by molar-refractivity contribution is 5.85. The molecule has 2 unspecified atom stereocenters. The second kappa shape index (κ2) is 3.13. The Morgan fingerprint density at radius 3 is 2.82 bits per heavy atom. The molecule has 2 N–H and O–H groups in total. The number of aliphatic imine (C=N–C) groups is 1. The average Bonchev–Trinajstić information content (AvgIpc) is 1.94. The number of ether oxygens (including phenoxy) is 1. The minimum atomic E-state index is -2.49. The molecular formula is C6H10F2N2O. The summed E-state index contributed by atoms with van der Waals surface area (Å²) in [5.74, 6) is 0.154. The lowest BCUT2D eigenvalue weighted by Crippen LogP contribution is -2.40. The molecule has 0 spiro atoms. The maximum Gasteiger partial charge on any atom is 0.262 e. The molecule has 0 aromatic heterocycles. The van der Waals surface area contributed by atoms with Gasteiger partial charge < -0.3 is 10.5 Å². The van der Waals surface area contributed by atoms with Crippen LogP contribution < -0.4 is 5.73 Å². The van der Waals surface area contributed by atoms with Gasteiger partial charge in [0.25, 0.3) is 6.43 Å². The van der Waals surface area contributed by atoms with Crippen molar-refractivity contribution in [2.75, 3.05) is 6.61 Å². The number of nitrogens with two attached hydrogens (primary N) is 1. The predicted octanol–water partition coefficient (Wildman–Crippen LogP) is 0.396. The Balaban J connectivity index is 2.62. The normalized spacial score (nSPS) is 32.2. The molecule has 0 fully saturated rings. The largest absolute Gasteiger partial charge is 0.385 e. The summed E-state index contributed by atoms with van der Waals surface area (Å²) in [6.07, 6.45) is -2.81. The molecule has 11 heavy (non-hydrogen) atoms. The quantitative estimate of drug-likeness (QED) is 0.609. The van der Waals surface area contributed by atoms with Crippen molar-refractivity contribution in [2.24, 2.45) is 10.7 Å². The minimum Gasteiger partial charge on any atom is -0.385 e. The monoisotopic (exact) mass is 164 g/mol. The molecular weight excluding hydrogens is 154 g/mol. The van der Waals surface area contributed by atoms with Crippen LogP contribution in [-0.2, 0) is 4.74 Å². The number of hydrogen-bond donors (Lipinski definition) is 1. The SMILES string of the molecule is CC1OCC(C(F)F)N=C1N. The third-order valence-corrected chi connectivity index (χ3v) is 1.54. The molecule has 1 aliphatic heterocycles. The molecule has 0 amide bonds. The van der Waals surface area contributed by atoms with E-state index < -0.39 is 12.5 Å². The smallest absolute Gasteiger partial charge is 0.262 e. The Labute approximate surface area is 63.2 Å². The highest BCUT2D eigenvalue weighted by Crippen LogP contribution is 2.12. The minimum absolute atomic E-state index is 0.0421. The zero-order valence-corrected chi connectivity index (χ0v) is 6.13. The van der Waals surface area contributed by atoms with Crippen molar-refractivity contribution < 1.29 is 13.5 Å². The molecule has 0 saturated carbocycles. The standard InChI is InChI=1S/C6H10F2N2O/c1-3-6(9)10-4(2-11-3)5(7)8/h3-5H,2H2,1H3,(H2,9,10). The summed E-state index contributed by atoms with van der Waals surface area (Å²) in [4.78, 5) is 3.58. The summed E-state index contributed by atoms with van der Waals surface area (Å²) >= 11 is 0. The number of nitrogens with zero attached hydrogens (tertiary/aromatic N) is 1. The van der Waals surface area contributed by atoms with Crippen LogP contribution in [0.25, 0.3) is 0 Å².